The number of amides is 2. The number of aryl methyl sites for hydroxylation is 1. The van der Waals surface area contributed by atoms with E-state index in [1.165, 1.54) is 0 Å². The van der Waals surface area contributed by atoms with Crippen molar-refractivity contribution in [2.75, 3.05) is 30.5 Å². The highest BCUT2D eigenvalue weighted by Gasteiger charge is 2.31. The van der Waals surface area contributed by atoms with E-state index in [2.05, 4.69) is 5.32 Å². The van der Waals surface area contributed by atoms with Crippen molar-refractivity contribution in [2.24, 2.45) is 0 Å². The summed E-state index contributed by atoms with van der Waals surface area (Å²) in [7, 11) is 1.57. The maximum absolute atomic E-state index is 12.8. The molecule has 4 rings (SSSR count). The van der Waals surface area contributed by atoms with Crippen molar-refractivity contribution in [1.82, 2.24) is 0 Å². The molecule has 2 amide bonds. The van der Waals surface area contributed by atoms with E-state index in [4.69, 9.17) is 14.2 Å². The van der Waals surface area contributed by atoms with Crippen LogP contribution < -0.4 is 24.4 Å². The number of fused-ring (bicyclic) bond motifs is 1. The Morgan fingerprint density at radius 2 is 1.73 bits per heavy atom. The van der Waals surface area contributed by atoms with Gasteiger partial charge in [0, 0.05) is 11.3 Å². The molecule has 0 saturated heterocycles. The molecule has 1 N–H and O–H groups in total. The highest BCUT2D eigenvalue weighted by atomic mass is 16.5. The number of carbonyl (C=O) groups is 2. The number of hydrogen-bond donors (Lipinski definition) is 1. The van der Waals surface area contributed by atoms with Gasteiger partial charge in [-0.3, -0.25) is 9.59 Å². The van der Waals surface area contributed by atoms with Crippen molar-refractivity contribution in [3.05, 3.63) is 77.9 Å². The van der Waals surface area contributed by atoms with E-state index < -0.39 is 6.10 Å². The molecule has 170 valence electrons. The highest BCUT2D eigenvalue weighted by molar-refractivity contribution is 6.05. The molecule has 7 nitrogen and oxygen atoms in total. The van der Waals surface area contributed by atoms with Crippen LogP contribution in [0.2, 0.25) is 0 Å². The second-order valence-corrected chi connectivity index (χ2v) is 7.78. The van der Waals surface area contributed by atoms with Gasteiger partial charge in [0.15, 0.2) is 6.10 Å². The van der Waals surface area contributed by atoms with Crippen LogP contribution in [0.15, 0.2) is 66.7 Å². The first-order chi connectivity index (χ1) is 15.9. The van der Waals surface area contributed by atoms with Crippen LogP contribution in [-0.2, 0) is 4.79 Å². The Labute approximate surface area is 192 Å². The zero-order chi connectivity index (χ0) is 23.4. The number of methoxy groups -OCH3 is 1. The van der Waals surface area contributed by atoms with Crippen molar-refractivity contribution >= 4 is 23.2 Å². The van der Waals surface area contributed by atoms with Gasteiger partial charge in [-0.15, -0.1) is 0 Å². The number of anilines is 2. The van der Waals surface area contributed by atoms with Crippen LogP contribution in [0.25, 0.3) is 0 Å². The largest absolute Gasteiger partial charge is 0.497 e. The average molecular weight is 447 g/mol. The van der Waals surface area contributed by atoms with Gasteiger partial charge in [-0.05, 0) is 68.4 Å². The fourth-order valence-corrected chi connectivity index (χ4v) is 3.55. The summed E-state index contributed by atoms with van der Waals surface area (Å²) in [4.78, 5) is 27.1. The maximum Gasteiger partial charge on any atom is 0.267 e. The van der Waals surface area contributed by atoms with E-state index in [0.717, 1.165) is 11.3 Å². The van der Waals surface area contributed by atoms with Crippen LogP contribution in [0.4, 0.5) is 11.4 Å². The van der Waals surface area contributed by atoms with Gasteiger partial charge in [0.1, 0.15) is 23.9 Å². The molecule has 3 aromatic rings. The zero-order valence-electron chi connectivity index (χ0n) is 18.8. The molecule has 1 unspecified atom stereocenters. The highest BCUT2D eigenvalue weighted by Crippen LogP contribution is 2.36. The van der Waals surface area contributed by atoms with E-state index in [0.29, 0.717) is 41.6 Å². The van der Waals surface area contributed by atoms with Crippen molar-refractivity contribution in [3.8, 4) is 17.2 Å². The molecule has 0 aliphatic carbocycles. The molecular weight excluding hydrogens is 420 g/mol. The number of ether oxygens (including phenoxy) is 3. The Morgan fingerprint density at radius 3 is 2.42 bits per heavy atom. The number of rotatable bonds is 7. The third-order valence-electron chi connectivity index (χ3n) is 5.38. The molecular formula is C26H26N2O5. The first-order valence-electron chi connectivity index (χ1n) is 10.7. The van der Waals surface area contributed by atoms with Crippen LogP contribution in [0, 0.1) is 6.92 Å². The molecule has 0 fully saturated rings. The Bertz CT molecular complexity index is 1140. The maximum atomic E-state index is 12.8. The Morgan fingerprint density at radius 1 is 1.03 bits per heavy atom. The molecule has 0 radical (unpaired) electrons. The van der Waals surface area contributed by atoms with Gasteiger partial charge >= 0.3 is 0 Å². The van der Waals surface area contributed by atoms with Gasteiger partial charge in [-0.1, -0.05) is 17.7 Å². The minimum atomic E-state index is -0.600. The van der Waals surface area contributed by atoms with Crippen LogP contribution >= 0.6 is 0 Å². The molecule has 3 aromatic carbocycles. The first-order valence-corrected chi connectivity index (χ1v) is 10.7. The lowest BCUT2D eigenvalue weighted by molar-refractivity contribution is -0.125. The van der Waals surface area contributed by atoms with E-state index in [9.17, 15) is 9.59 Å². The van der Waals surface area contributed by atoms with Crippen LogP contribution in [-0.4, -0.2) is 38.2 Å². The van der Waals surface area contributed by atoms with E-state index in [-0.39, 0.29) is 11.8 Å². The Balaban J connectivity index is 1.49. The van der Waals surface area contributed by atoms with Crippen molar-refractivity contribution < 1.29 is 23.8 Å². The van der Waals surface area contributed by atoms with E-state index in [1.54, 1.807) is 61.4 Å². The van der Waals surface area contributed by atoms with Gasteiger partial charge in [0.2, 0.25) is 0 Å². The molecule has 1 aliphatic heterocycles. The lowest BCUT2D eigenvalue weighted by atomic mass is 10.1. The van der Waals surface area contributed by atoms with E-state index in [1.807, 2.05) is 31.2 Å². The third-order valence-corrected chi connectivity index (χ3v) is 5.38. The lowest BCUT2D eigenvalue weighted by Crippen LogP contribution is -2.46. The number of nitrogens with zero attached hydrogens (tertiary/aromatic N) is 1. The minimum Gasteiger partial charge on any atom is -0.497 e. The number of hydrogen-bond acceptors (Lipinski definition) is 5. The van der Waals surface area contributed by atoms with Crippen molar-refractivity contribution in [2.45, 2.75) is 20.0 Å². The molecule has 1 atom stereocenters. The molecule has 1 aliphatic rings. The number of nitrogens with one attached hydrogen (secondary N) is 1. The van der Waals surface area contributed by atoms with E-state index >= 15 is 0 Å². The molecule has 33 heavy (non-hydrogen) atoms. The quantitative estimate of drug-likeness (QED) is 0.580. The summed E-state index contributed by atoms with van der Waals surface area (Å²) in [6, 6.07) is 19.8. The van der Waals surface area contributed by atoms with Gasteiger partial charge in [-0.2, -0.15) is 0 Å². The molecule has 0 bridgehead atoms. The summed E-state index contributed by atoms with van der Waals surface area (Å²) in [5.41, 5.74) is 2.80. The SMILES string of the molecule is COc1ccc(C(=O)Nc2ccc3c(c2)N(CCOc2ccc(C)cc2)C(=O)C(C)O3)cc1. The topological polar surface area (TPSA) is 77.1 Å². The summed E-state index contributed by atoms with van der Waals surface area (Å²) in [6.07, 6.45) is -0.600. The molecule has 0 aromatic heterocycles. The van der Waals surface area contributed by atoms with Crippen molar-refractivity contribution in [3.63, 3.8) is 0 Å². The van der Waals surface area contributed by atoms with Gasteiger partial charge in [-0.25, -0.2) is 0 Å². The molecule has 1 heterocycles. The van der Waals surface area contributed by atoms with Crippen LogP contribution in [0.1, 0.15) is 22.8 Å². The minimum absolute atomic E-state index is 0.159. The second-order valence-electron chi connectivity index (χ2n) is 7.78. The number of benzene rings is 3. The number of carbonyl (C=O) groups excluding carboxylic acids is 2. The van der Waals surface area contributed by atoms with Gasteiger partial charge in [0.25, 0.3) is 11.8 Å². The summed E-state index contributed by atoms with van der Waals surface area (Å²) < 4.78 is 16.7. The Hall–Kier alpha value is -4.00. The smallest absolute Gasteiger partial charge is 0.267 e. The van der Waals surface area contributed by atoms with Crippen molar-refractivity contribution in [1.29, 1.82) is 0 Å². The predicted molar refractivity (Wildman–Crippen MR) is 127 cm³/mol. The second kappa shape index (κ2) is 9.65. The average Bonchev–Trinajstić information content (AvgIpc) is 2.83. The Kier molecular flexibility index (Phi) is 6.49. The monoisotopic (exact) mass is 446 g/mol. The van der Waals surface area contributed by atoms with Gasteiger partial charge < -0.3 is 24.4 Å². The van der Waals surface area contributed by atoms with Crippen LogP contribution in [0.5, 0.6) is 17.2 Å². The fraction of sp³-hybridized carbons (Fsp3) is 0.231. The normalized spacial score (nSPS) is 14.8. The summed E-state index contributed by atoms with van der Waals surface area (Å²) in [5.74, 6) is 1.58. The summed E-state index contributed by atoms with van der Waals surface area (Å²) in [5, 5.41) is 2.88. The molecule has 0 saturated carbocycles. The lowest BCUT2D eigenvalue weighted by Gasteiger charge is -2.33. The first kappa shape index (κ1) is 22.2. The third kappa shape index (κ3) is 5.09. The predicted octanol–water partition coefficient (Wildman–Crippen LogP) is 4.45. The summed E-state index contributed by atoms with van der Waals surface area (Å²) in [6.45, 7) is 4.41. The van der Waals surface area contributed by atoms with Crippen LogP contribution in [0.3, 0.4) is 0 Å². The molecule has 0 spiro atoms. The zero-order valence-corrected chi connectivity index (χ0v) is 18.8. The molecule has 7 heteroatoms. The van der Waals surface area contributed by atoms with Gasteiger partial charge in [0.05, 0.1) is 19.3 Å². The standard InChI is InChI=1S/C26H26N2O5/c1-17-4-9-22(10-5-17)32-15-14-28-23-16-20(8-13-24(23)33-18(2)26(28)30)27-25(29)19-6-11-21(31-3)12-7-19/h4-13,16,18H,14-15H2,1-3H3,(H,27,29). The summed E-state index contributed by atoms with van der Waals surface area (Å²) >= 11 is 0. The fourth-order valence-electron chi connectivity index (χ4n) is 3.55.